The maximum absolute atomic E-state index is 11.6. The van der Waals surface area contributed by atoms with Gasteiger partial charge < -0.3 is 19.8 Å². The highest BCUT2D eigenvalue weighted by Gasteiger charge is 2.54. The predicted molar refractivity (Wildman–Crippen MR) is 73.3 cm³/mol. The number of hydrogen-bond acceptors (Lipinski definition) is 4. The molecule has 0 aromatic carbocycles. The number of alkyl halides is 6. The van der Waals surface area contributed by atoms with E-state index in [0.29, 0.717) is 0 Å². The van der Waals surface area contributed by atoms with Crippen LogP contribution >= 0.6 is 84.8 Å². The van der Waals surface area contributed by atoms with Crippen LogP contribution in [0.4, 0.5) is 0 Å². The van der Waals surface area contributed by atoms with Gasteiger partial charge in [-0.25, -0.2) is 0 Å². The Hall–Kier alpha value is 2.00. The van der Waals surface area contributed by atoms with Gasteiger partial charge in [0.05, 0.1) is 0 Å². The maximum Gasteiger partial charge on any atom is 0.361 e. The van der Waals surface area contributed by atoms with Crippen molar-refractivity contribution in [3.8, 4) is 0 Å². The summed E-state index contributed by atoms with van der Waals surface area (Å²) in [5.74, 6) is -5.27. The Morgan fingerprint density at radius 1 is 0.895 bits per heavy atom. The average Bonchev–Trinajstić information content (AvgIpc) is 2.08. The number of hydrogen-bond donors (Lipinski definition) is 4. The minimum atomic E-state index is -5.28. The molecule has 116 valence electrons. The molecule has 0 aliphatic heterocycles. The number of halogens is 6. The monoisotopic (exact) mass is 438 g/mol. The molecule has 0 aromatic heterocycles. The van der Waals surface area contributed by atoms with Crippen LogP contribution in [0.5, 0.6) is 0 Å². The maximum atomic E-state index is 11.6. The van der Waals surface area contributed by atoms with Crippen molar-refractivity contribution >= 4 is 84.8 Å². The molecule has 0 amide bonds. The molecule has 3 atom stereocenters. The lowest BCUT2D eigenvalue weighted by molar-refractivity contribution is 0.149. The standard InChI is InChI=1S/C4H6Cl6O7P2/c5-3(6,7)1(11)19(15,16)17-2(4(8,9)10)18(12,13)14/h1-2,11H,(H,15,16)(H2,12,13,14). The van der Waals surface area contributed by atoms with Crippen LogP contribution < -0.4 is 0 Å². The SMILES string of the molecule is O=P(O)(O)C(OP(=O)(O)C(O)C(Cl)(Cl)Cl)C(Cl)(Cl)Cl. The molecule has 0 aromatic rings. The second-order valence-corrected chi connectivity index (χ2v) is 11.3. The van der Waals surface area contributed by atoms with E-state index in [1.807, 2.05) is 0 Å². The molecule has 19 heavy (non-hydrogen) atoms. The van der Waals surface area contributed by atoms with Gasteiger partial charge in [-0.2, -0.15) is 0 Å². The largest absolute Gasteiger partial charge is 0.377 e. The van der Waals surface area contributed by atoms with Crippen LogP contribution in [-0.4, -0.2) is 39.1 Å². The molecular formula is C4H6Cl6O7P2. The second-order valence-electron chi connectivity index (χ2n) is 3.07. The van der Waals surface area contributed by atoms with Crippen molar-refractivity contribution < 1.29 is 33.4 Å². The topological polar surface area (TPSA) is 124 Å². The summed E-state index contributed by atoms with van der Waals surface area (Å²) in [5, 5.41) is 9.28. The van der Waals surface area contributed by atoms with Crippen molar-refractivity contribution in [3.05, 3.63) is 0 Å². The number of rotatable bonds is 4. The average molecular weight is 441 g/mol. The van der Waals surface area contributed by atoms with E-state index in [0.717, 1.165) is 0 Å². The summed E-state index contributed by atoms with van der Waals surface area (Å²) in [6.45, 7) is 0. The van der Waals surface area contributed by atoms with Crippen molar-refractivity contribution in [3.63, 3.8) is 0 Å². The van der Waals surface area contributed by atoms with Gasteiger partial charge in [0, 0.05) is 0 Å². The van der Waals surface area contributed by atoms with E-state index in [4.69, 9.17) is 79.4 Å². The summed E-state index contributed by atoms with van der Waals surface area (Å²) in [5.41, 5.74) is 0. The third kappa shape index (κ3) is 6.74. The van der Waals surface area contributed by atoms with Crippen LogP contribution in [0, 0.1) is 0 Å². The zero-order valence-electron chi connectivity index (χ0n) is 8.33. The first-order valence-electron chi connectivity index (χ1n) is 3.87. The zero-order chi connectivity index (χ0) is 15.9. The molecule has 0 rings (SSSR count). The Balaban J connectivity index is 5.40. The van der Waals surface area contributed by atoms with E-state index in [1.165, 1.54) is 0 Å². The molecule has 0 saturated carbocycles. The van der Waals surface area contributed by atoms with Gasteiger partial charge in [0.25, 0.3) is 0 Å². The summed E-state index contributed by atoms with van der Waals surface area (Å²) >= 11 is 31.1. The summed E-state index contributed by atoms with van der Waals surface area (Å²) in [4.78, 5) is 27.1. The summed E-state index contributed by atoms with van der Waals surface area (Å²) in [6.07, 6.45) is 0. The van der Waals surface area contributed by atoms with Crippen molar-refractivity contribution in [1.82, 2.24) is 0 Å². The van der Waals surface area contributed by atoms with Gasteiger partial charge in [-0.15, -0.1) is 0 Å². The van der Waals surface area contributed by atoms with E-state index >= 15 is 0 Å². The summed E-state index contributed by atoms with van der Waals surface area (Å²) in [7, 11) is -10.5. The predicted octanol–water partition coefficient (Wildman–Crippen LogP) is 2.75. The molecule has 0 aliphatic rings. The van der Waals surface area contributed by atoms with Crippen LogP contribution in [0.25, 0.3) is 0 Å². The van der Waals surface area contributed by atoms with Crippen LogP contribution in [0.15, 0.2) is 0 Å². The first-order valence-corrected chi connectivity index (χ1v) is 9.47. The van der Waals surface area contributed by atoms with E-state index < -0.39 is 34.5 Å². The fourth-order valence-electron chi connectivity index (χ4n) is 0.698. The van der Waals surface area contributed by atoms with Gasteiger partial charge in [-0.3, -0.25) is 13.7 Å². The van der Waals surface area contributed by atoms with Gasteiger partial charge in [-0.1, -0.05) is 69.6 Å². The van der Waals surface area contributed by atoms with Gasteiger partial charge in [-0.05, 0) is 0 Å². The Labute approximate surface area is 137 Å². The molecule has 0 spiro atoms. The van der Waals surface area contributed by atoms with Gasteiger partial charge in [0.2, 0.25) is 19.3 Å². The molecule has 4 N–H and O–H groups in total. The van der Waals surface area contributed by atoms with Gasteiger partial charge in [0.15, 0.2) is 0 Å². The second kappa shape index (κ2) is 6.63. The molecule has 0 bridgehead atoms. The van der Waals surface area contributed by atoms with Crippen molar-refractivity contribution in [2.75, 3.05) is 0 Å². The summed E-state index contributed by atoms with van der Waals surface area (Å²) < 4.78 is 21.3. The van der Waals surface area contributed by atoms with Crippen LogP contribution in [0.2, 0.25) is 0 Å². The lowest BCUT2D eigenvalue weighted by atomic mass is 10.8. The van der Waals surface area contributed by atoms with E-state index in [1.54, 1.807) is 0 Å². The Bertz CT molecular complexity index is 411. The van der Waals surface area contributed by atoms with Crippen LogP contribution in [0.3, 0.4) is 0 Å². The fraction of sp³-hybridized carbons (Fsp3) is 1.00. The highest BCUT2D eigenvalue weighted by Crippen LogP contribution is 2.63. The Morgan fingerprint density at radius 3 is 1.47 bits per heavy atom. The van der Waals surface area contributed by atoms with Crippen molar-refractivity contribution in [1.29, 1.82) is 0 Å². The lowest BCUT2D eigenvalue weighted by Gasteiger charge is -2.30. The highest BCUT2D eigenvalue weighted by atomic mass is 35.6. The molecule has 3 unspecified atom stereocenters. The molecule has 0 fully saturated rings. The first-order chi connectivity index (χ1) is 7.99. The molecule has 0 radical (unpaired) electrons. The van der Waals surface area contributed by atoms with Crippen LogP contribution in [0.1, 0.15) is 0 Å². The highest BCUT2D eigenvalue weighted by molar-refractivity contribution is 7.57. The minimum Gasteiger partial charge on any atom is -0.377 e. The van der Waals surface area contributed by atoms with E-state index in [-0.39, 0.29) is 0 Å². The number of aliphatic hydroxyl groups excluding tert-OH is 1. The molecular weight excluding hydrogens is 435 g/mol. The smallest absolute Gasteiger partial charge is 0.361 e. The van der Waals surface area contributed by atoms with E-state index in [2.05, 4.69) is 4.52 Å². The third-order valence-electron chi connectivity index (χ3n) is 1.44. The van der Waals surface area contributed by atoms with Crippen LogP contribution in [-0.2, 0) is 13.7 Å². The zero-order valence-corrected chi connectivity index (χ0v) is 14.7. The van der Waals surface area contributed by atoms with Crippen molar-refractivity contribution in [2.45, 2.75) is 19.3 Å². The molecule has 0 saturated heterocycles. The Morgan fingerprint density at radius 2 is 1.26 bits per heavy atom. The van der Waals surface area contributed by atoms with Gasteiger partial charge >= 0.3 is 15.2 Å². The minimum absolute atomic E-state index is 2.62. The number of aliphatic hydroxyl groups is 1. The van der Waals surface area contributed by atoms with Crippen molar-refractivity contribution in [2.24, 2.45) is 0 Å². The first kappa shape index (κ1) is 21.0. The lowest BCUT2D eigenvalue weighted by Crippen LogP contribution is -2.33. The molecule has 0 heterocycles. The molecule has 7 nitrogen and oxygen atoms in total. The third-order valence-corrected chi connectivity index (χ3v) is 6.35. The quantitative estimate of drug-likeness (QED) is 0.391. The molecule has 0 aliphatic carbocycles. The van der Waals surface area contributed by atoms with Gasteiger partial charge in [0.1, 0.15) is 0 Å². The van der Waals surface area contributed by atoms with E-state index in [9.17, 15) is 19.1 Å². The Kier molecular flexibility index (Phi) is 7.33. The molecule has 15 heteroatoms. The summed E-state index contributed by atoms with van der Waals surface area (Å²) in [6, 6.07) is 0. The normalized spacial score (nSPS) is 20.7. The fourth-order valence-corrected chi connectivity index (χ4v) is 5.48.